The number of hydrogen-bond donors (Lipinski definition) is 2. The molecule has 0 fully saturated rings. The molecule has 25 heavy (non-hydrogen) atoms. The summed E-state index contributed by atoms with van der Waals surface area (Å²) in [6, 6.07) is 15.6. The summed E-state index contributed by atoms with van der Waals surface area (Å²) < 4.78 is 10.5. The maximum Gasteiger partial charge on any atom is 0.190 e. The second-order valence-corrected chi connectivity index (χ2v) is 6.58. The van der Waals surface area contributed by atoms with Crippen molar-refractivity contribution < 1.29 is 9.47 Å². The lowest BCUT2D eigenvalue weighted by Crippen LogP contribution is -2.18. The van der Waals surface area contributed by atoms with Gasteiger partial charge in [0, 0.05) is 5.56 Å². The number of thiocarbonyl (C=S) groups is 1. The molecule has 7 heteroatoms. The molecule has 0 aliphatic carbocycles. The van der Waals surface area contributed by atoms with Crippen molar-refractivity contribution in [1.29, 1.82) is 0 Å². The number of rotatable bonds is 5. The van der Waals surface area contributed by atoms with E-state index in [1.165, 1.54) is 11.3 Å². The predicted octanol–water partition coefficient (Wildman–Crippen LogP) is 4.15. The molecule has 0 saturated heterocycles. The number of nitrogens with one attached hydrogen (secondary N) is 1. The van der Waals surface area contributed by atoms with Gasteiger partial charge in [-0.15, -0.1) is 0 Å². The van der Waals surface area contributed by atoms with Gasteiger partial charge in [0.25, 0.3) is 0 Å². The van der Waals surface area contributed by atoms with Gasteiger partial charge in [-0.25, -0.2) is 4.98 Å². The zero-order valence-electron chi connectivity index (χ0n) is 13.8. The van der Waals surface area contributed by atoms with Crippen LogP contribution in [0.5, 0.6) is 11.5 Å². The summed E-state index contributed by atoms with van der Waals surface area (Å²) in [6.45, 7) is 0. The Balaban J connectivity index is 2.07. The standard InChI is InChI=1S/C18H17N3O2S2/c1-22-13-7-3-11(4-8-13)15-16(25-18(20-15)21-17(19)24)12-5-9-14(23-2)10-6-12/h3-10H,1-2H3,(H3,19,20,21,24). The topological polar surface area (TPSA) is 69.4 Å². The van der Waals surface area contributed by atoms with Gasteiger partial charge in [-0.05, 0) is 66.3 Å². The van der Waals surface area contributed by atoms with Crippen LogP contribution in [0.15, 0.2) is 48.5 Å². The summed E-state index contributed by atoms with van der Waals surface area (Å²) in [5.41, 5.74) is 8.48. The van der Waals surface area contributed by atoms with Crippen LogP contribution in [0.2, 0.25) is 0 Å². The minimum absolute atomic E-state index is 0.191. The van der Waals surface area contributed by atoms with E-state index in [-0.39, 0.29) is 5.11 Å². The van der Waals surface area contributed by atoms with Gasteiger partial charge in [0.2, 0.25) is 0 Å². The molecule has 0 saturated carbocycles. The van der Waals surface area contributed by atoms with Crippen molar-refractivity contribution in [3.8, 4) is 33.2 Å². The minimum atomic E-state index is 0.191. The number of nitrogens with zero attached hydrogens (tertiary/aromatic N) is 1. The first kappa shape index (κ1) is 17.2. The maximum atomic E-state index is 5.59. The van der Waals surface area contributed by atoms with E-state index in [1.807, 2.05) is 48.5 Å². The normalized spacial score (nSPS) is 10.3. The third kappa shape index (κ3) is 3.89. The fraction of sp³-hybridized carbons (Fsp3) is 0.111. The molecular formula is C18H17N3O2S2. The Morgan fingerprint density at radius 1 is 0.960 bits per heavy atom. The zero-order valence-corrected chi connectivity index (χ0v) is 15.4. The Kier molecular flexibility index (Phi) is 5.16. The van der Waals surface area contributed by atoms with Crippen molar-refractivity contribution in [2.45, 2.75) is 0 Å². The summed E-state index contributed by atoms with van der Waals surface area (Å²) in [4.78, 5) is 5.68. The summed E-state index contributed by atoms with van der Waals surface area (Å²) >= 11 is 6.43. The van der Waals surface area contributed by atoms with Crippen LogP contribution in [0.3, 0.4) is 0 Å². The number of nitrogens with two attached hydrogens (primary N) is 1. The second kappa shape index (κ2) is 7.50. The maximum absolute atomic E-state index is 5.59. The van der Waals surface area contributed by atoms with Crippen molar-refractivity contribution in [1.82, 2.24) is 4.98 Å². The molecule has 0 radical (unpaired) electrons. The lowest BCUT2D eigenvalue weighted by Gasteiger charge is -2.05. The van der Waals surface area contributed by atoms with Crippen LogP contribution in [-0.2, 0) is 0 Å². The Labute approximate surface area is 155 Å². The molecule has 0 atom stereocenters. The first-order valence-electron chi connectivity index (χ1n) is 7.47. The molecule has 3 aromatic rings. The van der Waals surface area contributed by atoms with E-state index in [0.29, 0.717) is 5.13 Å². The SMILES string of the molecule is COc1ccc(-c2nc(NC(N)=S)sc2-c2ccc(OC)cc2)cc1. The monoisotopic (exact) mass is 371 g/mol. The summed E-state index contributed by atoms with van der Waals surface area (Å²) in [5, 5.41) is 3.77. The van der Waals surface area contributed by atoms with Crippen molar-refractivity contribution in [2.24, 2.45) is 5.73 Å². The fourth-order valence-electron chi connectivity index (χ4n) is 2.36. The molecule has 0 spiro atoms. The van der Waals surface area contributed by atoms with E-state index in [9.17, 15) is 0 Å². The lowest BCUT2D eigenvalue weighted by molar-refractivity contribution is 0.414. The van der Waals surface area contributed by atoms with Gasteiger partial charge in [0.1, 0.15) is 11.5 Å². The van der Waals surface area contributed by atoms with Gasteiger partial charge in [0.15, 0.2) is 10.2 Å². The quantitative estimate of drug-likeness (QED) is 0.657. The predicted molar refractivity (Wildman–Crippen MR) is 106 cm³/mol. The largest absolute Gasteiger partial charge is 0.497 e. The highest BCUT2D eigenvalue weighted by Crippen LogP contribution is 2.39. The zero-order chi connectivity index (χ0) is 17.8. The average Bonchev–Trinajstić information content (AvgIpc) is 3.05. The summed E-state index contributed by atoms with van der Waals surface area (Å²) in [7, 11) is 3.29. The molecule has 0 bridgehead atoms. The molecule has 128 valence electrons. The van der Waals surface area contributed by atoms with Crippen LogP contribution in [0, 0.1) is 0 Å². The number of aromatic nitrogens is 1. The molecule has 0 aliphatic rings. The van der Waals surface area contributed by atoms with Gasteiger partial charge in [-0.3, -0.25) is 0 Å². The van der Waals surface area contributed by atoms with Crippen LogP contribution in [0.25, 0.3) is 21.7 Å². The van der Waals surface area contributed by atoms with Gasteiger partial charge in [0.05, 0.1) is 24.8 Å². The minimum Gasteiger partial charge on any atom is -0.497 e. The van der Waals surface area contributed by atoms with Gasteiger partial charge in [-0.2, -0.15) is 0 Å². The van der Waals surface area contributed by atoms with E-state index in [0.717, 1.165) is 33.2 Å². The Bertz CT molecular complexity index is 809. The lowest BCUT2D eigenvalue weighted by atomic mass is 10.1. The third-order valence-electron chi connectivity index (χ3n) is 3.57. The fourth-order valence-corrected chi connectivity index (χ4v) is 3.53. The van der Waals surface area contributed by atoms with E-state index >= 15 is 0 Å². The molecule has 0 aliphatic heterocycles. The first-order valence-corrected chi connectivity index (χ1v) is 8.69. The number of hydrogen-bond acceptors (Lipinski definition) is 5. The molecule has 5 nitrogen and oxygen atoms in total. The Morgan fingerprint density at radius 3 is 1.96 bits per heavy atom. The first-order chi connectivity index (χ1) is 12.1. The summed E-state index contributed by atoms with van der Waals surface area (Å²) in [5.74, 6) is 1.60. The van der Waals surface area contributed by atoms with Gasteiger partial charge < -0.3 is 20.5 Å². The van der Waals surface area contributed by atoms with Crippen molar-refractivity contribution in [2.75, 3.05) is 19.5 Å². The number of benzene rings is 2. The van der Waals surface area contributed by atoms with Crippen LogP contribution < -0.4 is 20.5 Å². The van der Waals surface area contributed by atoms with Gasteiger partial charge in [-0.1, -0.05) is 11.3 Å². The molecule has 3 N–H and O–H groups in total. The Morgan fingerprint density at radius 2 is 1.48 bits per heavy atom. The Hall–Kier alpha value is -2.64. The van der Waals surface area contributed by atoms with Crippen LogP contribution in [0.1, 0.15) is 0 Å². The second-order valence-electron chi connectivity index (χ2n) is 5.14. The number of methoxy groups -OCH3 is 2. The third-order valence-corrected chi connectivity index (χ3v) is 4.69. The van der Waals surface area contributed by atoms with E-state index in [2.05, 4.69) is 10.3 Å². The van der Waals surface area contributed by atoms with Gasteiger partial charge >= 0.3 is 0 Å². The molecule has 1 heterocycles. The van der Waals surface area contributed by atoms with Crippen LogP contribution in [0.4, 0.5) is 5.13 Å². The van der Waals surface area contributed by atoms with Crippen molar-refractivity contribution in [3.63, 3.8) is 0 Å². The van der Waals surface area contributed by atoms with Crippen molar-refractivity contribution in [3.05, 3.63) is 48.5 Å². The molecule has 2 aromatic carbocycles. The highest BCUT2D eigenvalue weighted by Gasteiger charge is 2.15. The number of thiazole rings is 1. The molecular weight excluding hydrogens is 354 g/mol. The van der Waals surface area contributed by atoms with Crippen LogP contribution in [-0.4, -0.2) is 24.3 Å². The number of anilines is 1. The van der Waals surface area contributed by atoms with E-state index in [1.54, 1.807) is 14.2 Å². The smallest absolute Gasteiger partial charge is 0.190 e. The highest BCUT2D eigenvalue weighted by molar-refractivity contribution is 7.80. The number of ether oxygens (including phenoxy) is 2. The van der Waals surface area contributed by atoms with E-state index < -0.39 is 0 Å². The summed E-state index contributed by atoms with van der Waals surface area (Å²) in [6.07, 6.45) is 0. The highest BCUT2D eigenvalue weighted by atomic mass is 32.1. The average molecular weight is 371 g/mol. The van der Waals surface area contributed by atoms with Crippen molar-refractivity contribution >= 4 is 33.8 Å². The van der Waals surface area contributed by atoms with E-state index in [4.69, 9.17) is 27.4 Å². The molecule has 1 aromatic heterocycles. The van der Waals surface area contributed by atoms with Crippen LogP contribution >= 0.6 is 23.6 Å². The molecule has 0 amide bonds. The molecule has 3 rings (SSSR count). The molecule has 0 unspecified atom stereocenters.